The van der Waals surface area contributed by atoms with Gasteiger partial charge in [-0.15, -0.1) is 0 Å². The first kappa shape index (κ1) is 28.8. The third kappa shape index (κ3) is 8.95. The van der Waals surface area contributed by atoms with Gasteiger partial charge >= 0.3 is 17.9 Å². The van der Waals surface area contributed by atoms with E-state index >= 15 is 0 Å². The molecule has 2 aromatic rings. The van der Waals surface area contributed by atoms with E-state index < -0.39 is 29.7 Å². The molecule has 0 spiro atoms. The van der Waals surface area contributed by atoms with E-state index in [2.05, 4.69) is 11.4 Å². The molecule has 1 aliphatic rings. The summed E-state index contributed by atoms with van der Waals surface area (Å²) >= 11 is 0. The first-order valence-electron chi connectivity index (χ1n) is 11.5. The summed E-state index contributed by atoms with van der Waals surface area (Å²) in [5.41, 5.74) is 1.17. The number of aliphatic hydroxyl groups excluding tert-OH is 2. The Morgan fingerprint density at radius 2 is 1.64 bits per heavy atom. The summed E-state index contributed by atoms with van der Waals surface area (Å²) < 4.78 is 11.4. The molecule has 10 heteroatoms. The molecule has 36 heavy (non-hydrogen) atoms. The highest BCUT2D eigenvalue weighted by molar-refractivity contribution is 5.83. The molecule has 1 unspecified atom stereocenters. The van der Waals surface area contributed by atoms with Gasteiger partial charge in [-0.25, -0.2) is 14.4 Å². The summed E-state index contributed by atoms with van der Waals surface area (Å²) in [4.78, 5) is 32.0. The largest absolute Gasteiger partial charge is 0.479 e. The van der Waals surface area contributed by atoms with Gasteiger partial charge in [0, 0.05) is 6.54 Å². The summed E-state index contributed by atoms with van der Waals surface area (Å²) in [6.07, 6.45) is -2.17. The number of carboxylic acid groups (broad SMARTS) is 2. The van der Waals surface area contributed by atoms with E-state index in [0.29, 0.717) is 11.7 Å². The Balaban J connectivity index is 0.000000388. The zero-order valence-corrected chi connectivity index (χ0v) is 20.3. The number of carbonyl (C=O) groups excluding carboxylic acids is 1. The van der Waals surface area contributed by atoms with Crippen LogP contribution in [0, 0.1) is 0 Å². The van der Waals surface area contributed by atoms with E-state index in [9.17, 15) is 14.4 Å². The van der Waals surface area contributed by atoms with E-state index in [0.717, 1.165) is 18.7 Å². The van der Waals surface area contributed by atoms with Crippen LogP contribution in [-0.2, 0) is 25.7 Å². The number of esters is 1. The van der Waals surface area contributed by atoms with Crippen LogP contribution in [0.1, 0.15) is 43.7 Å². The molecule has 1 aliphatic heterocycles. The Bertz CT molecular complexity index is 985. The minimum absolute atomic E-state index is 0.250. The van der Waals surface area contributed by atoms with E-state index in [1.165, 1.54) is 18.4 Å². The van der Waals surface area contributed by atoms with Crippen molar-refractivity contribution in [1.82, 2.24) is 5.32 Å². The average molecular weight is 504 g/mol. The number of carbonyl (C=O) groups is 3. The minimum Gasteiger partial charge on any atom is -0.479 e. The molecule has 0 radical (unpaired) electrons. The van der Waals surface area contributed by atoms with Crippen LogP contribution in [0.15, 0.2) is 54.6 Å². The molecule has 1 fully saturated rings. The summed E-state index contributed by atoms with van der Waals surface area (Å²) in [6.45, 7) is 5.82. The highest BCUT2D eigenvalue weighted by Crippen LogP contribution is 2.28. The van der Waals surface area contributed by atoms with Gasteiger partial charge in [0.15, 0.2) is 17.8 Å². The molecule has 0 amide bonds. The number of aliphatic carboxylic acids is 2. The number of carboxylic acids is 2. The van der Waals surface area contributed by atoms with E-state index in [-0.39, 0.29) is 12.6 Å². The minimum atomic E-state index is -2.27. The smallest absolute Gasteiger partial charge is 0.350 e. The van der Waals surface area contributed by atoms with Crippen molar-refractivity contribution in [3.8, 4) is 5.75 Å². The van der Waals surface area contributed by atoms with Crippen LogP contribution in [0.25, 0.3) is 0 Å². The lowest BCUT2D eigenvalue weighted by Crippen LogP contribution is -2.39. The SMILES string of the molecule is CC(C)(Oc1cccc(C2CCCNC2)c1)C(=O)OCc1ccccc1.O=C(O)[C@H](O)[C@@H](O)C(=O)O. The monoisotopic (exact) mass is 503 g/mol. The third-order valence-corrected chi connectivity index (χ3v) is 5.51. The molecule has 3 atom stereocenters. The second-order valence-electron chi connectivity index (χ2n) is 8.86. The van der Waals surface area contributed by atoms with Crippen LogP contribution >= 0.6 is 0 Å². The zero-order chi connectivity index (χ0) is 26.7. The van der Waals surface area contributed by atoms with Crippen LogP contribution in [0.5, 0.6) is 5.75 Å². The number of hydrogen-bond donors (Lipinski definition) is 5. The zero-order valence-electron chi connectivity index (χ0n) is 20.3. The summed E-state index contributed by atoms with van der Waals surface area (Å²) in [5, 5.41) is 36.0. The molecule has 0 aromatic heterocycles. The van der Waals surface area contributed by atoms with Crippen LogP contribution < -0.4 is 10.1 Å². The fourth-order valence-corrected chi connectivity index (χ4v) is 3.47. The Hall–Kier alpha value is -3.47. The number of ether oxygens (including phenoxy) is 2. The molecule has 5 N–H and O–H groups in total. The lowest BCUT2D eigenvalue weighted by Gasteiger charge is -2.26. The van der Waals surface area contributed by atoms with Gasteiger partial charge in [-0.3, -0.25) is 0 Å². The molecule has 0 bridgehead atoms. The molecule has 10 nitrogen and oxygen atoms in total. The fraction of sp³-hybridized carbons (Fsp3) is 0.423. The van der Waals surface area contributed by atoms with Crippen molar-refractivity contribution < 1.29 is 44.3 Å². The molecule has 0 saturated carbocycles. The molecule has 2 aromatic carbocycles. The standard InChI is InChI=1S/C22H27NO3.C4H6O6/c1-22(2,21(24)25-16-17-8-4-3-5-9-17)26-20-12-6-10-18(14-20)19-11-7-13-23-15-19;5-1(3(7)8)2(6)4(9)10/h3-6,8-10,12,14,19,23H,7,11,13,15-16H2,1-2H3;1-2,5-6H,(H,7,8)(H,9,10)/t;1-,2-/m.1/s1. The van der Waals surface area contributed by atoms with Gasteiger partial charge < -0.3 is 35.2 Å². The quantitative estimate of drug-likeness (QED) is 0.320. The number of piperidine rings is 1. The van der Waals surface area contributed by atoms with Gasteiger partial charge in [-0.1, -0.05) is 42.5 Å². The van der Waals surface area contributed by atoms with Crippen LogP contribution in [0.2, 0.25) is 0 Å². The van der Waals surface area contributed by atoms with E-state index in [1.807, 2.05) is 48.5 Å². The number of rotatable bonds is 9. The summed E-state index contributed by atoms with van der Waals surface area (Å²) in [6, 6.07) is 17.7. The molecule has 196 valence electrons. The second kappa shape index (κ2) is 13.6. The lowest BCUT2D eigenvalue weighted by molar-refractivity contribution is -0.165. The van der Waals surface area contributed by atoms with Crippen molar-refractivity contribution in [2.24, 2.45) is 0 Å². The van der Waals surface area contributed by atoms with Crippen LogP contribution in [0.3, 0.4) is 0 Å². The maximum absolute atomic E-state index is 12.5. The Morgan fingerprint density at radius 3 is 2.19 bits per heavy atom. The lowest BCUT2D eigenvalue weighted by atomic mass is 9.91. The van der Waals surface area contributed by atoms with Crippen LogP contribution in [-0.4, -0.2) is 69.2 Å². The van der Waals surface area contributed by atoms with Gasteiger partial charge in [-0.2, -0.15) is 0 Å². The first-order chi connectivity index (χ1) is 17.0. The van der Waals surface area contributed by atoms with E-state index in [4.69, 9.17) is 29.9 Å². The maximum Gasteiger partial charge on any atom is 0.350 e. The Kier molecular flexibility index (Phi) is 10.8. The Labute approximate surface area is 209 Å². The number of nitrogens with one attached hydrogen (secondary N) is 1. The van der Waals surface area contributed by atoms with Gasteiger partial charge in [0.25, 0.3) is 0 Å². The predicted octanol–water partition coefficient (Wildman–Crippen LogP) is 1.93. The molecular formula is C26H33NO9. The molecular weight excluding hydrogens is 470 g/mol. The molecule has 1 saturated heterocycles. The molecule has 0 aliphatic carbocycles. The van der Waals surface area contributed by atoms with Crippen LogP contribution in [0.4, 0.5) is 0 Å². The third-order valence-electron chi connectivity index (χ3n) is 5.51. The van der Waals surface area contributed by atoms with Crippen molar-refractivity contribution in [3.63, 3.8) is 0 Å². The maximum atomic E-state index is 12.5. The number of hydrogen-bond acceptors (Lipinski definition) is 8. The van der Waals surface area contributed by atoms with Gasteiger partial charge in [0.2, 0.25) is 0 Å². The van der Waals surface area contributed by atoms with Gasteiger partial charge in [0.05, 0.1) is 0 Å². The second-order valence-corrected chi connectivity index (χ2v) is 8.86. The van der Waals surface area contributed by atoms with Crippen molar-refractivity contribution in [3.05, 3.63) is 65.7 Å². The van der Waals surface area contributed by atoms with E-state index in [1.54, 1.807) is 13.8 Å². The summed E-state index contributed by atoms with van der Waals surface area (Å²) in [5.74, 6) is -2.70. The summed E-state index contributed by atoms with van der Waals surface area (Å²) in [7, 11) is 0. The Morgan fingerprint density at radius 1 is 1.00 bits per heavy atom. The van der Waals surface area contributed by atoms with Gasteiger partial charge in [-0.05, 0) is 62.4 Å². The first-order valence-corrected chi connectivity index (χ1v) is 11.5. The normalized spacial score (nSPS) is 17.1. The topological polar surface area (TPSA) is 163 Å². The van der Waals surface area contributed by atoms with Crippen molar-refractivity contribution in [2.45, 2.75) is 57.0 Å². The highest BCUT2D eigenvalue weighted by Gasteiger charge is 2.32. The average Bonchev–Trinajstić information content (AvgIpc) is 2.87. The highest BCUT2D eigenvalue weighted by atomic mass is 16.6. The van der Waals surface area contributed by atoms with Crippen molar-refractivity contribution in [2.75, 3.05) is 13.1 Å². The predicted molar refractivity (Wildman–Crippen MR) is 130 cm³/mol. The van der Waals surface area contributed by atoms with Gasteiger partial charge in [0.1, 0.15) is 12.4 Å². The molecule has 3 rings (SSSR count). The number of benzene rings is 2. The fourth-order valence-electron chi connectivity index (χ4n) is 3.47. The van der Waals surface area contributed by atoms with Crippen molar-refractivity contribution >= 4 is 17.9 Å². The molecule has 1 heterocycles. The number of aliphatic hydroxyl groups is 2. The van der Waals surface area contributed by atoms with Crippen molar-refractivity contribution in [1.29, 1.82) is 0 Å².